The molecule has 1 unspecified atom stereocenters. The number of hydrogen-bond acceptors (Lipinski definition) is 5. The van der Waals surface area contributed by atoms with Crippen molar-refractivity contribution in [3.8, 4) is 0 Å². The van der Waals surface area contributed by atoms with Crippen LogP contribution < -0.4 is 4.90 Å². The fourth-order valence-corrected chi connectivity index (χ4v) is 6.23. The number of fused-ring (bicyclic) bond motifs is 1. The minimum atomic E-state index is -0.0719. The van der Waals surface area contributed by atoms with E-state index in [1.54, 1.807) is 12.0 Å². The maximum Gasteiger partial charge on any atom is 0.266 e. The zero-order valence-corrected chi connectivity index (χ0v) is 22.7. The number of benzene rings is 2. The second kappa shape index (κ2) is 10.8. The number of carbonyl (C=O) groups excluding carboxylic acids is 1. The summed E-state index contributed by atoms with van der Waals surface area (Å²) >= 11 is 8.21. The number of rotatable bonds is 7. The number of para-hydroxylation sites is 1. The predicted octanol–water partition coefficient (Wildman–Crippen LogP) is 7.09. The Balaban J connectivity index is 1.71. The number of thioether (sulfide) groups is 1. The van der Waals surface area contributed by atoms with E-state index < -0.39 is 0 Å². The van der Waals surface area contributed by atoms with Gasteiger partial charge in [0.15, 0.2) is 5.17 Å². The first-order chi connectivity index (χ1) is 16.7. The molecule has 1 atom stereocenters. The highest BCUT2D eigenvalue weighted by molar-refractivity contribution is 8.18. The van der Waals surface area contributed by atoms with E-state index in [2.05, 4.69) is 44.7 Å². The van der Waals surface area contributed by atoms with Gasteiger partial charge in [-0.25, -0.2) is 4.99 Å². The van der Waals surface area contributed by atoms with Gasteiger partial charge in [0.05, 0.1) is 23.7 Å². The molecule has 0 aromatic heterocycles. The first kappa shape index (κ1) is 25.8. The number of aliphatic imine (C=N–C) groups is 1. The van der Waals surface area contributed by atoms with Crippen molar-refractivity contribution in [3.05, 3.63) is 63.5 Å². The fourth-order valence-electron chi connectivity index (χ4n) is 5.00. The summed E-state index contributed by atoms with van der Waals surface area (Å²) in [6, 6.07) is 13.9. The quantitative estimate of drug-likeness (QED) is 0.372. The second-order valence-electron chi connectivity index (χ2n) is 9.79. The third kappa shape index (κ3) is 5.45. The van der Waals surface area contributed by atoms with Crippen molar-refractivity contribution in [3.63, 3.8) is 0 Å². The lowest BCUT2D eigenvalue weighted by molar-refractivity contribution is -0.122. The highest BCUT2D eigenvalue weighted by Crippen LogP contribution is 2.46. The molecular weight excluding hydrogens is 478 g/mol. The third-order valence-corrected chi connectivity index (χ3v) is 7.96. The highest BCUT2D eigenvalue weighted by Gasteiger charge is 2.37. The van der Waals surface area contributed by atoms with Gasteiger partial charge in [-0.2, -0.15) is 0 Å². The molecule has 35 heavy (non-hydrogen) atoms. The van der Waals surface area contributed by atoms with Crippen LogP contribution in [0.25, 0.3) is 6.08 Å². The van der Waals surface area contributed by atoms with E-state index in [4.69, 9.17) is 21.3 Å². The summed E-state index contributed by atoms with van der Waals surface area (Å²) in [5, 5.41) is 1.32. The van der Waals surface area contributed by atoms with Gasteiger partial charge in [-0.3, -0.25) is 9.69 Å². The Morgan fingerprint density at radius 2 is 1.97 bits per heavy atom. The van der Waals surface area contributed by atoms with Gasteiger partial charge in [-0.1, -0.05) is 43.6 Å². The van der Waals surface area contributed by atoms with E-state index in [9.17, 15) is 4.79 Å². The van der Waals surface area contributed by atoms with Crippen molar-refractivity contribution < 1.29 is 9.53 Å². The maximum atomic E-state index is 13.4. The monoisotopic (exact) mass is 511 g/mol. The average molecular weight is 512 g/mol. The summed E-state index contributed by atoms with van der Waals surface area (Å²) in [6.45, 7) is 11.0. The van der Waals surface area contributed by atoms with Crippen LogP contribution in [-0.2, 0) is 9.53 Å². The van der Waals surface area contributed by atoms with Gasteiger partial charge in [0, 0.05) is 29.9 Å². The van der Waals surface area contributed by atoms with Gasteiger partial charge < -0.3 is 9.64 Å². The molecule has 2 aromatic rings. The van der Waals surface area contributed by atoms with Crippen LogP contribution in [0, 0.1) is 0 Å². The fraction of sp³-hybridized carbons (Fsp3) is 0.429. The number of anilines is 1. The largest absolute Gasteiger partial charge is 0.383 e. The zero-order chi connectivity index (χ0) is 25.2. The Labute approximate surface area is 218 Å². The number of methoxy groups -OCH3 is 1. The Kier molecular flexibility index (Phi) is 7.94. The molecule has 2 aliphatic heterocycles. The van der Waals surface area contributed by atoms with Crippen LogP contribution in [-0.4, -0.2) is 48.3 Å². The number of amides is 1. The first-order valence-electron chi connectivity index (χ1n) is 12.2. The molecule has 2 aliphatic rings. The van der Waals surface area contributed by atoms with E-state index in [-0.39, 0.29) is 11.4 Å². The molecule has 2 aromatic carbocycles. The summed E-state index contributed by atoms with van der Waals surface area (Å²) in [6.07, 6.45) is 4.07. The van der Waals surface area contributed by atoms with Gasteiger partial charge in [0.1, 0.15) is 0 Å². The zero-order valence-electron chi connectivity index (χ0n) is 21.2. The Morgan fingerprint density at radius 3 is 2.66 bits per heavy atom. The number of ether oxygens (including phenoxy) is 1. The predicted molar refractivity (Wildman–Crippen MR) is 149 cm³/mol. The van der Waals surface area contributed by atoms with Crippen molar-refractivity contribution >= 4 is 51.9 Å². The summed E-state index contributed by atoms with van der Waals surface area (Å²) in [5.41, 5.74) is 4.26. The maximum absolute atomic E-state index is 13.4. The number of halogens is 1. The normalized spacial score (nSPS) is 21.8. The van der Waals surface area contributed by atoms with Crippen LogP contribution in [0.5, 0.6) is 0 Å². The Bertz CT molecular complexity index is 1150. The summed E-state index contributed by atoms with van der Waals surface area (Å²) in [5.74, 6) is 0.333. The Hall–Kier alpha value is -2.28. The van der Waals surface area contributed by atoms with Gasteiger partial charge in [0.2, 0.25) is 0 Å². The van der Waals surface area contributed by atoms with E-state index in [1.165, 1.54) is 23.0 Å². The van der Waals surface area contributed by atoms with Crippen LogP contribution >= 0.6 is 23.4 Å². The second-order valence-corrected chi connectivity index (χ2v) is 11.2. The minimum Gasteiger partial charge on any atom is -0.383 e. The molecular formula is C28H34ClN3O2S. The van der Waals surface area contributed by atoms with E-state index >= 15 is 0 Å². The molecule has 7 heteroatoms. The Morgan fingerprint density at radius 1 is 1.23 bits per heavy atom. The first-order valence-corrected chi connectivity index (χ1v) is 13.4. The molecule has 1 saturated heterocycles. The molecule has 5 nitrogen and oxygen atoms in total. The molecule has 4 rings (SSSR count). The summed E-state index contributed by atoms with van der Waals surface area (Å²) in [4.78, 5) is 22.9. The molecule has 1 fully saturated rings. The SMILES string of the molecule is CCCN1c2cc(Cl)c(/C=C3/SC(=Nc4ccccc4)N(CCOC)C3=O)cc2C(C)CC1(C)C. The van der Waals surface area contributed by atoms with E-state index in [0.717, 1.165) is 30.6 Å². The topological polar surface area (TPSA) is 45.1 Å². The lowest BCUT2D eigenvalue weighted by atomic mass is 9.79. The molecule has 186 valence electrons. The highest BCUT2D eigenvalue weighted by atomic mass is 35.5. The van der Waals surface area contributed by atoms with Gasteiger partial charge in [-0.15, -0.1) is 0 Å². The average Bonchev–Trinajstić information content (AvgIpc) is 3.10. The molecule has 0 saturated carbocycles. The van der Waals surface area contributed by atoms with Crippen LogP contribution in [0.15, 0.2) is 52.4 Å². The van der Waals surface area contributed by atoms with Crippen LogP contribution in [0.1, 0.15) is 57.6 Å². The van der Waals surface area contributed by atoms with Crippen LogP contribution in [0.4, 0.5) is 11.4 Å². The van der Waals surface area contributed by atoms with Crippen molar-refractivity contribution in [2.45, 2.75) is 52.0 Å². The van der Waals surface area contributed by atoms with Gasteiger partial charge >= 0.3 is 0 Å². The lowest BCUT2D eigenvalue weighted by Crippen LogP contribution is -2.48. The van der Waals surface area contributed by atoms with Crippen molar-refractivity contribution in [2.24, 2.45) is 4.99 Å². The third-order valence-electron chi connectivity index (χ3n) is 6.63. The number of hydrogen-bond donors (Lipinski definition) is 0. The molecule has 0 aliphatic carbocycles. The molecule has 0 spiro atoms. The van der Waals surface area contributed by atoms with Gasteiger partial charge in [0.25, 0.3) is 5.91 Å². The van der Waals surface area contributed by atoms with E-state index in [1.807, 2.05) is 36.4 Å². The van der Waals surface area contributed by atoms with Crippen LogP contribution in [0.3, 0.4) is 0 Å². The van der Waals surface area contributed by atoms with Crippen molar-refractivity contribution in [1.82, 2.24) is 4.90 Å². The number of nitrogens with zero attached hydrogens (tertiary/aromatic N) is 3. The molecule has 2 heterocycles. The van der Waals surface area contributed by atoms with E-state index in [0.29, 0.717) is 34.2 Å². The molecule has 0 N–H and O–H groups in total. The molecule has 0 radical (unpaired) electrons. The molecule has 0 bridgehead atoms. The van der Waals surface area contributed by atoms with Crippen molar-refractivity contribution in [1.29, 1.82) is 0 Å². The molecule has 1 amide bonds. The minimum absolute atomic E-state index is 0.0719. The summed E-state index contributed by atoms with van der Waals surface area (Å²) < 4.78 is 5.24. The van der Waals surface area contributed by atoms with Crippen LogP contribution in [0.2, 0.25) is 5.02 Å². The van der Waals surface area contributed by atoms with Crippen molar-refractivity contribution in [2.75, 3.05) is 31.7 Å². The van der Waals surface area contributed by atoms with Gasteiger partial charge in [-0.05, 0) is 85.8 Å². The standard InChI is InChI=1S/C28H34ClN3O2S/c1-6-12-32-24-17-23(29)20(15-22(24)19(2)18-28(32,3)4)16-25-26(33)31(13-14-34-5)27(35-25)30-21-10-8-7-9-11-21/h7-11,15-17,19H,6,12-14,18H2,1-5H3/b25-16+,30-27?. The number of carbonyl (C=O) groups is 1. The summed E-state index contributed by atoms with van der Waals surface area (Å²) in [7, 11) is 1.63. The lowest BCUT2D eigenvalue weighted by Gasteiger charge is -2.47. The smallest absolute Gasteiger partial charge is 0.266 e. The number of amidine groups is 1.